The van der Waals surface area contributed by atoms with Crippen LogP contribution >= 0.6 is 0 Å². The lowest BCUT2D eigenvalue weighted by atomic mass is 10.0. The molecule has 0 aromatic heterocycles. The normalized spacial score (nSPS) is 16.6. The molecule has 4 heteroatoms. The first-order valence-corrected chi connectivity index (χ1v) is 8.65. The van der Waals surface area contributed by atoms with Crippen molar-refractivity contribution in [1.29, 1.82) is 0 Å². The molecule has 1 atom stereocenters. The van der Waals surface area contributed by atoms with E-state index in [9.17, 15) is 9.59 Å². The second kappa shape index (κ2) is 7.09. The Hall–Kier alpha value is -2.62. The topological polar surface area (TPSA) is 46.6 Å². The fraction of sp³-hybridized carbons (Fsp3) is 0.333. The third kappa shape index (κ3) is 3.58. The predicted octanol–water partition coefficient (Wildman–Crippen LogP) is 4.40. The Balaban J connectivity index is 2.02. The standard InChI is InChI=1S/C21H23NO3/c1-14(2)11-12-22-18-13-17(15(3)23)9-10-19(18)25-20(21(22)24)16-7-5-4-6-8-16/h4-10,13-14,20H,11-12H2,1-3H3. The van der Waals surface area contributed by atoms with Crippen molar-refractivity contribution in [2.75, 3.05) is 11.4 Å². The van der Waals surface area contributed by atoms with Crippen LogP contribution in [-0.4, -0.2) is 18.2 Å². The lowest BCUT2D eigenvalue weighted by molar-refractivity contribution is -0.126. The number of benzene rings is 2. The number of Topliss-reactive ketones (excluding diaryl/α,β-unsaturated/α-hetero) is 1. The van der Waals surface area contributed by atoms with Crippen LogP contribution in [0.4, 0.5) is 5.69 Å². The number of carbonyl (C=O) groups excluding carboxylic acids is 2. The molecule has 2 aromatic carbocycles. The second-order valence-corrected chi connectivity index (χ2v) is 6.82. The Bertz CT molecular complexity index is 783. The summed E-state index contributed by atoms with van der Waals surface area (Å²) < 4.78 is 6.00. The van der Waals surface area contributed by atoms with Gasteiger partial charge in [0.05, 0.1) is 5.69 Å². The Morgan fingerprint density at radius 2 is 1.88 bits per heavy atom. The monoisotopic (exact) mass is 337 g/mol. The molecule has 0 bridgehead atoms. The number of anilines is 1. The molecule has 0 saturated carbocycles. The molecule has 130 valence electrons. The summed E-state index contributed by atoms with van der Waals surface area (Å²) in [6.45, 7) is 6.40. The molecule has 1 amide bonds. The van der Waals surface area contributed by atoms with E-state index in [1.54, 1.807) is 23.1 Å². The summed E-state index contributed by atoms with van der Waals surface area (Å²) in [7, 11) is 0. The summed E-state index contributed by atoms with van der Waals surface area (Å²) in [5.74, 6) is 1.01. The van der Waals surface area contributed by atoms with E-state index in [-0.39, 0.29) is 11.7 Å². The van der Waals surface area contributed by atoms with Crippen molar-refractivity contribution in [3.8, 4) is 5.75 Å². The summed E-state index contributed by atoms with van der Waals surface area (Å²) in [4.78, 5) is 26.6. The Labute approximate surface area is 148 Å². The van der Waals surface area contributed by atoms with Crippen LogP contribution in [0.15, 0.2) is 48.5 Å². The summed E-state index contributed by atoms with van der Waals surface area (Å²) >= 11 is 0. The van der Waals surface area contributed by atoms with Gasteiger partial charge in [-0.3, -0.25) is 9.59 Å². The molecule has 0 spiro atoms. The van der Waals surface area contributed by atoms with Gasteiger partial charge in [0.2, 0.25) is 6.10 Å². The van der Waals surface area contributed by atoms with E-state index in [2.05, 4.69) is 13.8 Å². The quantitative estimate of drug-likeness (QED) is 0.760. The van der Waals surface area contributed by atoms with Crippen LogP contribution in [0.1, 0.15) is 49.2 Å². The van der Waals surface area contributed by atoms with Crippen molar-refractivity contribution >= 4 is 17.4 Å². The van der Waals surface area contributed by atoms with Gasteiger partial charge >= 0.3 is 0 Å². The molecule has 0 aliphatic carbocycles. The zero-order chi connectivity index (χ0) is 18.0. The minimum atomic E-state index is -0.649. The van der Waals surface area contributed by atoms with Gasteiger partial charge in [0.15, 0.2) is 5.78 Å². The number of ether oxygens (including phenoxy) is 1. The maximum Gasteiger partial charge on any atom is 0.272 e. The first kappa shape index (κ1) is 17.2. The highest BCUT2D eigenvalue weighted by Gasteiger charge is 2.35. The van der Waals surface area contributed by atoms with Crippen LogP contribution in [0.25, 0.3) is 0 Å². The molecule has 0 N–H and O–H groups in total. The van der Waals surface area contributed by atoms with Gasteiger partial charge < -0.3 is 9.64 Å². The molecule has 0 saturated heterocycles. The van der Waals surface area contributed by atoms with E-state index in [1.165, 1.54) is 6.92 Å². The number of amides is 1. The lowest BCUT2D eigenvalue weighted by Crippen LogP contribution is -2.42. The number of rotatable bonds is 5. The molecule has 3 rings (SSSR count). The number of fused-ring (bicyclic) bond motifs is 1. The van der Waals surface area contributed by atoms with Crippen molar-refractivity contribution in [1.82, 2.24) is 0 Å². The van der Waals surface area contributed by atoms with E-state index >= 15 is 0 Å². The average Bonchev–Trinajstić information content (AvgIpc) is 2.60. The number of nitrogens with zero attached hydrogens (tertiary/aromatic N) is 1. The van der Waals surface area contributed by atoms with Gasteiger partial charge in [-0.05, 0) is 37.5 Å². The highest BCUT2D eigenvalue weighted by atomic mass is 16.5. The van der Waals surface area contributed by atoms with Gasteiger partial charge in [-0.15, -0.1) is 0 Å². The summed E-state index contributed by atoms with van der Waals surface area (Å²) in [5, 5.41) is 0. The van der Waals surface area contributed by atoms with Crippen molar-refractivity contribution < 1.29 is 14.3 Å². The zero-order valence-electron chi connectivity index (χ0n) is 14.9. The molecule has 0 fully saturated rings. The molecule has 4 nitrogen and oxygen atoms in total. The van der Waals surface area contributed by atoms with E-state index < -0.39 is 6.10 Å². The minimum Gasteiger partial charge on any atom is -0.474 e. The highest BCUT2D eigenvalue weighted by molar-refractivity contribution is 6.03. The van der Waals surface area contributed by atoms with E-state index in [0.717, 1.165) is 12.0 Å². The molecule has 1 heterocycles. The van der Waals surface area contributed by atoms with Crippen molar-refractivity contribution in [2.24, 2.45) is 5.92 Å². The van der Waals surface area contributed by atoms with Gasteiger partial charge in [-0.25, -0.2) is 0 Å². The molecule has 2 aromatic rings. The molecule has 1 aliphatic heterocycles. The molecule has 0 radical (unpaired) electrons. The Morgan fingerprint density at radius 1 is 1.16 bits per heavy atom. The molecular formula is C21H23NO3. The maximum atomic E-state index is 13.1. The molecule has 1 unspecified atom stereocenters. The first-order valence-electron chi connectivity index (χ1n) is 8.65. The second-order valence-electron chi connectivity index (χ2n) is 6.82. The molecule has 25 heavy (non-hydrogen) atoms. The number of hydrogen-bond acceptors (Lipinski definition) is 3. The van der Waals surface area contributed by atoms with Gasteiger partial charge in [0, 0.05) is 17.7 Å². The van der Waals surface area contributed by atoms with Crippen molar-refractivity contribution in [2.45, 2.75) is 33.3 Å². The molecular weight excluding hydrogens is 314 g/mol. The zero-order valence-corrected chi connectivity index (χ0v) is 14.9. The van der Waals surface area contributed by atoms with Gasteiger partial charge in [-0.2, -0.15) is 0 Å². The predicted molar refractivity (Wildman–Crippen MR) is 98.1 cm³/mol. The fourth-order valence-corrected chi connectivity index (χ4v) is 2.94. The van der Waals surface area contributed by atoms with Crippen molar-refractivity contribution in [3.63, 3.8) is 0 Å². The lowest BCUT2D eigenvalue weighted by Gasteiger charge is -2.35. The highest BCUT2D eigenvalue weighted by Crippen LogP contribution is 2.39. The van der Waals surface area contributed by atoms with Gasteiger partial charge in [-0.1, -0.05) is 44.2 Å². The van der Waals surface area contributed by atoms with Gasteiger partial charge in [0.1, 0.15) is 5.75 Å². The van der Waals surface area contributed by atoms with Crippen LogP contribution < -0.4 is 9.64 Å². The van der Waals surface area contributed by atoms with E-state index in [4.69, 9.17) is 4.74 Å². The van der Waals surface area contributed by atoms with E-state index in [1.807, 2.05) is 30.3 Å². The minimum absolute atomic E-state index is 0.0239. The number of carbonyl (C=O) groups is 2. The SMILES string of the molecule is CC(=O)c1ccc2c(c1)N(CCC(C)C)C(=O)C(c1ccccc1)O2. The Kier molecular flexibility index (Phi) is 4.88. The van der Waals surface area contributed by atoms with Crippen LogP contribution in [0.3, 0.4) is 0 Å². The largest absolute Gasteiger partial charge is 0.474 e. The smallest absolute Gasteiger partial charge is 0.272 e. The first-order chi connectivity index (χ1) is 12.0. The summed E-state index contributed by atoms with van der Waals surface area (Å²) in [5.41, 5.74) is 2.11. The van der Waals surface area contributed by atoms with Crippen LogP contribution in [-0.2, 0) is 4.79 Å². The number of ketones is 1. The Morgan fingerprint density at radius 3 is 2.52 bits per heavy atom. The third-order valence-electron chi connectivity index (χ3n) is 4.42. The van der Waals surface area contributed by atoms with Crippen LogP contribution in [0.5, 0.6) is 5.75 Å². The average molecular weight is 337 g/mol. The van der Waals surface area contributed by atoms with Crippen LogP contribution in [0, 0.1) is 5.92 Å². The summed E-state index contributed by atoms with van der Waals surface area (Å²) in [6.07, 6.45) is 0.237. The maximum absolute atomic E-state index is 13.1. The summed E-state index contributed by atoms with van der Waals surface area (Å²) in [6, 6.07) is 14.8. The third-order valence-corrected chi connectivity index (χ3v) is 4.42. The van der Waals surface area contributed by atoms with Crippen molar-refractivity contribution in [3.05, 3.63) is 59.7 Å². The van der Waals surface area contributed by atoms with Crippen LogP contribution in [0.2, 0.25) is 0 Å². The fourth-order valence-electron chi connectivity index (χ4n) is 2.94. The molecule has 1 aliphatic rings. The van der Waals surface area contributed by atoms with Gasteiger partial charge in [0.25, 0.3) is 5.91 Å². The number of hydrogen-bond donors (Lipinski definition) is 0. The van der Waals surface area contributed by atoms with E-state index in [0.29, 0.717) is 29.5 Å².